The van der Waals surface area contributed by atoms with Gasteiger partial charge in [0.1, 0.15) is 5.69 Å². The van der Waals surface area contributed by atoms with Crippen molar-refractivity contribution in [3.8, 4) is 0 Å². The van der Waals surface area contributed by atoms with Crippen LogP contribution in [0.25, 0.3) is 0 Å². The van der Waals surface area contributed by atoms with E-state index in [0.29, 0.717) is 17.9 Å². The van der Waals surface area contributed by atoms with Crippen LogP contribution in [-0.4, -0.2) is 23.3 Å². The number of amides is 2. The number of para-hydroxylation sites is 2. The Morgan fingerprint density at radius 3 is 2.62 bits per heavy atom. The van der Waals surface area contributed by atoms with Gasteiger partial charge < -0.3 is 16.0 Å². The summed E-state index contributed by atoms with van der Waals surface area (Å²) in [7, 11) is 0. The maximum Gasteiger partial charge on any atom is 0.292 e. The Morgan fingerprint density at radius 1 is 1.14 bits per heavy atom. The number of rotatable bonds is 10. The molecule has 2 aromatic carbocycles. The molecule has 154 valence electrons. The third-order valence-corrected chi connectivity index (χ3v) is 4.51. The molecule has 0 spiro atoms. The van der Waals surface area contributed by atoms with Crippen molar-refractivity contribution in [2.45, 2.75) is 33.2 Å². The molecule has 0 heterocycles. The van der Waals surface area contributed by atoms with Crippen LogP contribution in [0.1, 0.15) is 32.3 Å². The summed E-state index contributed by atoms with van der Waals surface area (Å²) in [6.45, 7) is 4.44. The first-order chi connectivity index (χ1) is 13.9. The van der Waals surface area contributed by atoms with Crippen LogP contribution in [0.4, 0.5) is 17.1 Å². The lowest BCUT2D eigenvalue weighted by Crippen LogP contribution is -2.25. The lowest BCUT2D eigenvalue weighted by atomic mass is 10.1. The molecule has 8 heteroatoms. The highest BCUT2D eigenvalue weighted by Crippen LogP contribution is 2.22. The second-order valence-corrected chi connectivity index (χ2v) is 6.73. The fourth-order valence-corrected chi connectivity index (χ4v) is 2.59. The molecule has 2 aromatic rings. The van der Waals surface area contributed by atoms with Crippen LogP contribution >= 0.6 is 0 Å². The van der Waals surface area contributed by atoms with E-state index in [1.165, 1.54) is 6.07 Å². The smallest absolute Gasteiger partial charge is 0.292 e. The highest BCUT2D eigenvalue weighted by molar-refractivity contribution is 5.92. The number of carbonyl (C=O) groups excluding carboxylic acids is 2. The number of benzene rings is 2. The van der Waals surface area contributed by atoms with Crippen molar-refractivity contribution in [3.05, 3.63) is 64.2 Å². The van der Waals surface area contributed by atoms with E-state index in [4.69, 9.17) is 0 Å². The van der Waals surface area contributed by atoms with Crippen molar-refractivity contribution in [2.24, 2.45) is 5.92 Å². The van der Waals surface area contributed by atoms with E-state index >= 15 is 0 Å². The third kappa shape index (κ3) is 6.91. The topological polar surface area (TPSA) is 113 Å². The first kappa shape index (κ1) is 21.9. The molecule has 0 bridgehead atoms. The van der Waals surface area contributed by atoms with Crippen LogP contribution in [0.15, 0.2) is 48.5 Å². The summed E-state index contributed by atoms with van der Waals surface area (Å²) >= 11 is 0. The van der Waals surface area contributed by atoms with Crippen LogP contribution in [0.2, 0.25) is 0 Å². The van der Waals surface area contributed by atoms with Crippen molar-refractivity contribution in [2.75, 3.05) is 17.2 Å². The Kier molecular flexibility index (Phi) is 8.14. The van der Waals surface area contributed by atoms with E-state index in [0.717, 1.165) is 12.0 Å². The van der Waals surface area contributed by atoms with Crippen LogP contribution in [0, 0.1) is 16.0 Å². The van der Waals surface area contributed by atoms with Gasteiger partial charge >= 0.3 is 0 Å². The van der Waals surface area contributed by atoms with E-state index in [2.05, 4.69) is 16.0 Å². The quantitative estimate of drug-likeness (QED) is 0.417. The fraction of sp³-hybridized carbons (Fsp3) is 0.333. The number of hydrogen-bond acceptors (Lipinski definition) is 5. The van der Waals surface area contributed by atoms with E-state index < -0.39 is 4.92 Å². The molecule has 0 saturated carbocycles. The molecule has 1 atom stereocenters. The summed E-state index contributed by atoms with van der Waals surface area (Å²) in [5.74, 6) is -0.272. The van der Waals surface area contributed by atoms with Crippen molar-refractivity contribution in [3.63, 3.8) is 0 Å². The highest BCUT2D eigenvalue weighted by atomic mass is 16.6. The highest BCUT2D eigenvalue weighted by Gasteiger charge is 2.12. The average Bonchev–Trinajstić information content (AvgIpc) is 2.72. The van der Waals surface area contributed by atoms with Crippen LogP contribution in [-0.2, 0) is 16.1 Å². The second-order valence-electron chi connectivity index (χ2n) is 6.73. The van der Waals surface area contributed by atoms with E-state index in [-0.39, 0.29) is 36.4 Å². The van der Waals surface area contributed by atoms with E-state index in [9.17, 15) is 19.7 Å². The summed E-state index contributed by atoms with van der Waals surface area (Å²) in [5.41, 5.74) is 1.92. The zero-order chi connectivity index (χ0) is 21.2. The zero-order valence-corrected chi connectivity index (χ0v) is 16.6. The summed E-state index contributed by atoms with van der Waals surface area (Å²) < 4.78 is 0. The number of carbonyl (C=O) groups is 2. The Hall–Kier alpha value is -3.42. The summed E-state index contributed by atoms with van der Waals surface area (Å²) in [6, 6.07) is 13.6. The molecule has 1 unspecified atom stereocenters. The van der Waals surface area contributed by atoms with Gasteiger partial charge in [0.15, 0.2) is 0 Å². The minimum atomic E-state index is -0.463. The van der Waals surface area contributed by atoms with Gasteiger partial charge in [0, 0.05) is 37.2 Å². The first-order valence-electron chi connectivity index (χ1n) is 9.54. The maximum atomic E-state index is 12.1. The normalized spacial score (nSPS) is 11.4. The molecule has 8 nitrogen and oxygen atoms in total. The largest absolute Gasteiger partial charge is 0.379 e. The SMILES string of the molecule is CCC(C)C(=O)Nc1cccc(CNC(=O)CCNc2ccccc2[N+](=O)[O-])c1. The molecule has 3 N–H and O–H groups in total. The zero-order valence-electron chi connectivity index (χ0n) is 16.6. The number of nitrogens with one attached hydrogen (secondary N) is 3. The predicted molar refractivity (Wildman–Crippen MR) is 113 cm³/mol. The standard InChI is InChI=1S/C21H26N4O4/c1-3-15(2)21(27)24-17-8-6-7-16(13-17)14-23-20(26)11-12-22-18-9-4-5-10-19(18)25(28)29/h4-10,13,15,22H,3,11-12,14H2,1-2H3,(H,23,26)(H,24,27). The van der Waals surface area contributed by atoms with Gasteiger partial charge in [-0.1, -0.05) is 38.1 Å². The Labute approximate surface area is 169 Å². The van der Waals surface area contributed by atoms with Crippen molar-refractivity contribution >= 4 is 28.9 Å². The Balaban J connectivity index is 1.80. The molecule has 0 fully saturated rings. The molecule has 0 aromatic heterocycles. The monoisotopic (exact) mass is 398 g/mol. The molecule has 29 heavy (non-hydrogen) atoms. The number of nitrogens with zero attached hydrogens (tertiary/aromatic N) is 1. The van der Waals surface area contributed by atoms with Crippen LogP contribution < -0.4 is 16.0 Å². The second kappa shape index (κ2) is 10.8. The molecule has 0 aliphatic rings. The van der Waals surface area contributed by atoms with Crippen LogP contribution in [0.5, 0.6) is 0 Å². The maximum absolute atomic E-state index is 12.1. The summed E-state index contributed by atoms with van der Waals surface area (Å²) in [5, 5.41) is 19.6. The Morgan fingerprint density at radius 2 is 1.90 bits per heavy atom. The molecular formula is C21H26N4O4. The van der Waals surface area contributed by atoms with Gasteiger partial charge in [-0.05, 0) is 30.2 Å². The average molecular weight is 398 g/mol. The minimum Gasteiger partial charge on any atom is -0.379 e. The molecular weight excluding hydrogens is 372 g/mol. The van der Waals surface area contributed by atoms with Gasteiger partial charge in [0.2, 0.25) is 11.8 Å². The molecule has 0 saturated heterocycles. The molecule has 2 rings (SSSR count). The minimum absolute atomic E-state index is 0.0239. The lowest BCUT2D eigenvalue weighted by Gasteiger charge is -2.12. The van der Waals surface area contributed by atoms with Crippen molar-refractivity contribution in [1.29, 1.82) is 0 Å². The number of hydrogen-bond donors (Lipinski definition) is 3. The molecule has 0 radical (unpaired) electrons. The van der Waals surface area contributed by atoms with Gasteiger partial charge in [-0.25, -0.2) is 0 Å². The fourth-order valence-electron chi connectivity index (χ4n) is 2.59. The predicted octanol–water partition coefficient (Wildman–Crippen LogP) is 3.70. The first-order valence-corrected chi connectivity index (χ1v) is 9.54. The van der Waals surface area contributed by atoms with Gasteiger partial charge in [-0.15, -0.1) is 0 Å². The lowest BCUT2D eigenvalue weighted by molar-refractivity contribution is -0.384. The van der Waals surface area contributed by atoms with Gasteiger partial charge in [-0.3, -0.25) is 19.7 Å². The van der Waals surface area contributed by atoms with Crippen molar-refractivity contribution < 1.29 is 14.5 Å². The molecule has 0 aliphatic carbocycles. The summed E-state index contributed by atoms with van der Waals surface area (Å²) in [6.07, 6.45) is 0.943. The number of anilines is 2. The Bertz CT molecular complexity index is 869. The third-order valence-electron chi connectivity index (χ3n) is 4.51. The van der Waals surface area contributed by atoms with Gasteiger partial charge in [-0.2, -0.15) is 0 Å². The van der Waals surface area contributed by atoms with E-state index in [1.807, 2.05) is 38.1 Å². The molecule has 0 aliphatic heterocycles. The molecule has 2 amide bonds. The number of nitro benzene ring substituents is 1. The summed E-state index contributed by atoms with van der Waals surface area (Å²) in [4.78, 5) is 34.6. The van der Waals surface area contributed by atoms with Gasteiger partial charge in [0.05, 0.1) is 4.92 Å². The van der Waals surface area contributed by atoms with Gasteiger partial charge in [0.25, 0.3) is 5.69 Å². The van der Waals surface area contributed by atoms with Crippen molar-refractivity contribution in [1.82, 2.24) is 5.32 Å². The van der Waals surface area contributed by atoms with Crippen LogP contribution in [0.3, 0.4) is 0 Å². The van der Waals surface area contributed by atoms with E-state index in [1.54, 1.807) is 18.2 Å². The number of nitro groups is 1.